The SMILES string of the molecule is CCOC(=O)C=C1CSC2=C(C(=O)OCC(C)C)CCN12. The molecule has 0 aliphatic carbocycles. The number of thioether (sulfide) groups is 1. The van der Waals surface area contributed by atoms with E-state index in [1.807, 2.05) is 18.7 Å². The lowest BCUT2D eigenvalue weighted by Gasteiger charge is -2.14. The maximum Gasteiger partial charge on any atom is 0.336 e. The predicted octanol–water partition coefficient (Wildman–Crippen LogP) is 2.30. The lowest BCUT2D eigenvalue weighted by molar-refractivity contribution is -0.140. The molecule has 2 heterocycles. The summed E-state index contributed by atoms with van der Waals surface area (Å²) in [5, 5.41) is 0.930. The summed E-state index contributed by atoms with van der Waals surface area (Å²) < 4.78 is 10.2. The van der Waals surface area contributed by atoms with Crippen LogP contribution in [-0.4, -0.2) is 42.3 Å². The summed E-state index contributed by atoms with van der Waals surface area (Å²) in [5.74, 6) is 0.457. The largest absolute Gasteiger partial charge is 0.463 e. The molecule has 0 aromatic heterocycles. The van der Waals surface area contributed by atoms with Crippen LogP contribution < -0.4 is 0 Å². The first-order valence-electron chi connectivity index (χ1n) is 7.20. The zero-order valence-electron chi connectivity index (χ0n) is 12.7. The molecule has 2 rings (SSSR count). The molecule has 0 spiro atoms. The molecular weight excluding hydrogens is 290 g/mol. The molecule has 6 heteroatoms. The van der Waals surface area contributed by atoms with Crippen molar-refractivity contribution in [1.82, 2.24) is 4.90 Å². The van der Waals surface area contributed by atoms with Crippen LogP contribution in [0.1, 0.15) is 27.2 Å². The van der Waals surface area contributed by atoms with Gasteiger partial charge in [-0.3, -0.25) is 0 Å². The zero-order valence-corrected chi connectivity index (χ0v) is 13.5. The number of hydrogen-bond donors (Lipinski definition) is 0. The van der Waals surface area contributed by atoms with E-state index in [2.05, 4.69) is 0 Å². The number of esters is 2. The number of carbonyl (C=O) groups excluding carboxylic acids is 2. The topological polar surface area (TPSA) is 55.8 Å². The summed E-state index contributed by atoms with van der Waals surface area (Å²) in [5.41, 5.74) is 1.63. The second-order valence-electron chi connectivity index (χ2n) is 5.35. The van der Waals surface area contributed by atoms with E-state index in [1.54, 1.807) is 18.7 Å². The maximum absolute atomic E-state index is 12.1. The Bertz CT molecular complexity index is 496. The summed E-state index contributed by atoms with van der Waals surface area (Å²) in [6.07, 6.45) is 2.19. The Kier molecular flexibility index (Phi) is 5.33. The molecule has 116 valence electrons. The normalized spacial score (nSPS) is 19.4. The van der Waals surface area contributed by atoms with Gasteiger partial charge in [-0.25, -0.2) is 9.59 Å². The van der Waals surface area contributed by atoms with Crippen molar-refractivity contribution in [1.29, 1.82) is 0 Å². The van der Waals surface area contributed by atoms with E-state index in [1.165, 1.54) is 6.08 Å². The van der Waals surface area contributed by atoms with Crippen LogP contribution in [0.15, 0.2) is 22.4 Å². The fraction of sp³-hybridized carbons (Fsp3) is 0.600. The highest BCUT2D eigenvalue weighted by atomic mass is 32.2. The molecular formula is C15H21NO4S. The van der Waals surface area contributed by atoms with Gasteiger partial charge in [0.05, 0.1) is 23.8 Å². The van der Waals surface area contributed by atoms with Crippen molar-refractivity contribution in [3.05, 3.63) is 22.4 Å². The van der Waals surface area contributed by atoms with Gasteiger partial charge in [0, 0.05) is 30.5 Å². The highest BCUT2D eigenvalue weighted by Crippen LogP contribution is 2.42. The molecule has 0 unspecified atom stereocenters. The Morgan fingerprint density at radius 1 is 1.38 bits per heavy atom. The maximum atomic E-state index is 12.1. The number of carbonyl (C=O) groups is 2. The number of ether oxygens (including phenoxy) is 2. The molecule has 0 N–H and O–H groups in total. The highest BCUT2D eigenvalue weighted by Gasteiger charge is 2.35. The monoisotopic (exact) mass is 311 g/mol. The minimum Gasteiger partial charge on any atom is -0.463 e. The minimum absolute atomic E-state index is 0.230. The average molecular weight is 311 g/mol. The van der Waals surface area contributed by atoms with Gasteiger partial charge >= 0.3 is 11.9 Å². The van der Waals surface area contributed by atoms with Crippen LogP contribution in [0, 0.1) is 5.92 Å². The third-order valence-corrected chi connectivity index (χ3v) is 4.34. The number of rotatable bonds is 5. The van der Waals surface area contributed by atoms with Crippen molar-refractivity contribution in [2.75, 3.05) is 25.5 Å². The standard InChI is InChI=1S/C15H21NO4S/c1-4-19-13(17)7-11-9-21-14-12(5-6-16(11)14)15(18)20-8-10(2)3/h7,10H,4-6,8-9H2,1-3H3. The molecule has 0 amide bonds. The van der Waals surface area contributed by atoms with Crippen LogP contribution in [0.3, 0.4) is 0 Å². The van der Waals surface area contributed by atoms with Crippen LogP contribution in [-0.2, 0) is 19.1 Å². The van der Waals surface area contributed by atoms with E-state index in [9.17, 15) is 9.59 Å². The van der Waals surface area contributed by atoms with Crippen molar-refractivity contribution < 1.29 is 19.1 Å². The summed E-state index contributed by atoms with van der Waals surface area (Å²) in [6, 6.07) is 0. The smallest absolute Gasteiger partial charge is 0.336 e. The molecule has 0 bridgehead atoms. The molecule has 2 aliphatic rings. The fourth-order valence-electron chi connectivity index (χ4n) is 2.21. The van der Waals surface area contributed by atoms with Gasteiger partial charge in [-0.1, -0.05) is 13.8 Å². The van der Waals surface area contributed by atoms with Gasteiger partial charge in [0.15, 0.2) is 0 Å². The molecule has 0 radical (unpaired) electrons. The summed E-state index contributed by atoms with van der Waals surface area (Å²) in [7, 11) is 0. The van der Waals surface area contributed by atoms with Gasteiger partial charge in [-0.2, -0.15) is 0 Å². The molecule has 21 heavy (non-hydrogen) atoms. The first kappa shape index (κ1) is 15.9. The fourth-order valence-corrected chi connectivity index (χ4v) is 3.46. The van der Waals surface area contributed by atoms with Crippen molar-refractivity contribution in [2.45, 2.75) is 27.2 Å². The highest BCUT2D eigenvalue weighted by molar-refractivity contribution is 8.03. The predicted molar refractivity (Wildman–Crippen MR) is 81.3 cm³/mol. The second-order valence-corrected chi connectivity index (χ2v) is 6.32. The summed E-state index contributed by atoms with van der Waals surface area (Å²) in [6.45, 7) is 7.33. The average Bonchev–Trinajstić information content (AvgIpc) is 2.99. The van der Waals surface area contributed by atoms with Crippen molar-refractivity contribution in [2.24, 2.45) is 5.92 Å². The van der Waals surface area contributed by atoms with Crippen LogP contribution in [0.4, 0.5) is 0 Å². The molecule has 0 aromatic carbocycles. The molecule has 1 fully saturated rings. The van der Waals surface area contributed by atoms with E-state index in [4.69, 9.17) is 9.47 Å². The van der Waals surface area contributed by atoms with Crippen LogP contribution in [0.5, 0.6) is 0 Å². The lowest BCUT2D eigenvalue weighted by atomic mass is 10.2. The second kappa shape index (κ2) is 7.02. The number of fused-ring (bicyclic) bond motifs is 1. The van der Waals surface area contributed by atoms with Crippen LogP contribution >= 0.6 is 11.8 Å². The minimum atomic E-state index is -0.329. The Morgan fingerprint density at radius 3 is 2.81 bits per heavy atom. The van der Waals surface area contributed by atoms with Gasteiger partial charge < -0.3 is 14.4 Å². The van der Waals surface area contributed by atoms with E-state index in [0.29, 0.717) is 31.3 Å². The van der Waals surface area contributed by atoms with Gasteiger partial charge in [0.25, 0.3) is 0 Å². The van der Waals surface area contributed by atoms with Gasteiger partial charge in [0.1, 0.15) is 0 Å². The van der Waals surface area contributed by atoms with Crippen LogP contribution in [0.2, 0.25) is 0 Å². The molecule has 0 saturated carbocycles. The first-order valence-corrected chi connectivity index (χ1v) is 8.19. The summed E-state index contributed by atoms with van der Waals surface area (Å²) >= 11 is 1.58. The number of hydrogen-bond acceptors (Lipinski definition) is 6. The molecule has 1 saturated heterocycles. The quantitative estimate of drug-likeness (QED) is 0.573. The third kappa shape index (κ3) is 3.81. The summed E-state index contributed by atoms with van der Waals surface area (Å²) in [4.78, 5) is 25.7. The third-order valence-electron chi connectivity index (χ3n) is 3.16. The van der Waals surface area contributed by atoms with Gasteiger partial charge in [-0.05, 0) is 12.8 Å². The van der Waals surface area contributed by atoms with Gasteiger partial charge in [-0.15, -0.1) is 11.8 Å². The number of nitrogens with zero attached hydrogens (tertiary/aromatic N) is 1. The van der Waals surface area contributed by atoms with E-state index in [-0.39, 0.29) is 11.9 Å². The lowest BCUT2D eigenvalue weighted by Crippen LogP contribution is -2.15. The zero-order chi connectivity index (χ0) is 15.4. The van der Waals surface area contributed by atoms with Gasteiger partial charge in [0.2, 0.25) is 0 Å². The Balaban J connectivity index is 2.06. The Hall–Kier alpha value is -1.43. The molecule has 0 atom stereocenters. The van der Waals surface area contributed by atoms with Crippen molar-refractivity contribution in [3.63, 3.8) is 0 Å². The van der Waals surface area contributed by atoms with E-state index < -0.39 is 0 Å². The Labute approximate surface area is 129 Å². The Morgan fingerprint density at radius 2 is 2.14 bits per heavy atom. The van der Waals surface area contributed by atoms with E-state index in [0.717, 1.165) is 22.8 Å². The van der Waals surface area contributed by atoms with Crippen molar-refractivity contribution >= 4 is 23.7 Å². The van der Waals surface area contributed by atoms with E-state index >= 15 is 0 Å². The molecule has 5 nitrogen and oxygen atoms in total. The van der Waals surface area contributed by atoms with Crippen LogP contribution in [0.25, 0.3) is 0 Å². The van der Waals surface area contributed by atoms with Crippen molar-refractivity contribution in [3.8, 4) is 0 Å². The molecule has 2 aliphatic heterocycles. The molecule has 0 aromatic rings. The first-order chi connectivity index (χ1) is 10.0.